The van der Waals surface area contributed by atoms with Gasteiger partial charge in [-0.3, -0.25) is 4.72 Å². The molecule has 0 saturated heterocycles. The smallest absolute Gasteiger partial charge is 0.261 e. The standard InChI is InChI=1S/C13H9IN2O2S/c14-11-4-2-5-12(8-11)16-19(17,18)13-6-1-3-10(7-13)9-15/h1-8,16H. The van der Waals surface area contributed by atoms with Crippen LogP contribution in [-0.2, 0) is 10.0 Å². The summed E-state index contributed by atoms with van der Waals surface area (Å²) < 4.78 is 27.7. The van der Waals surface area contributed by atoms with E-state index in [1.165, 1.54) is 12.1 Å². The van der Waals surface area contributed by atoms with E-state index < -0.39 is 10.0 Å². The zero-order valence-corrected chi connectivity index (χ0v) is 12.6. The summed E-state index contributed by atoms with van der Waals surface area (Å²) >= 11 is 2.11. The van der Waals surface area contributed by atoms with Gasteiger partial charge in [-0.15, -0.1) is 0 Å². The molecule has 0 bridgehead atoms. The lowest BCUT2D eigenvalue weighted by molar-refractivity contribution is 0.601. The minimum absolute atomic E-state index is 0.0745. The van der Waals surface area contributed by atoms with Crippen molar-refractivity contribution in [1.29, 1.82) is 5.26 Å². The average molecular weight is 384 g/mol. The van der Waals surface area contributed by atoms with Crippen LogP contribution < -0.4 is 4.72 Å². The van der Waals surface area contributed by atoms with Gasteiger partial charge in [0.1, 0.15) is 0 Å². The van der Waals surface area contributed by atoms with Crippen LogP contribution >= 0.6 is 22.6 Å². The highest BCUT2D eigenvalue weighted by atomic mass is 127. The first kappa shape index (κ1) is 13.8. The zero-order chi connectivity index (χ0) is 13.9. The molecule has 0 aromatic heterocycles. The Labute approximate surface area is 125 Å². The van der Waals surface area contributed by atoms with Gasteiger partial charge in [-0.2, -0.15) is 5.26 Å². The lowest BCUT2D eigenvalue weighted by Gasteiger charge is -2.08. The minimum atomic E-state index is -3.67. The maximum absolute atomic E-state index is 12.2. The van der Waals surface area contributed by atoms with Crippen LogP contribution in [0.15, 0.2) is 53.4 Å². The summed E-state index contributed by atoms with van der Waals surface area (Å²) in [6.07, 6.45) is 0. The van der Waals surface area contributed by atoms with Gasteiger partial charge in [-0.1, -0.05) is 12.1 Å². The summed E-state index contributed by atoms with van der Waals surface area (Å²) in [6.45, 7) is 0. The number of benzene rings is 2. The highest BCUT2D eigenvalue weighted by Crippen LogP contribution is 2.18. The highest BCUT2D eigenvalue weighted by molar-refractivity contribution is 14.1. The van der Waals surface area contributed by atoms with E-state index in [2.05, 4.69) is 27.3 Å². The van der Waals surface area contributed by atoms with Gasteiger partial charge in [0.25, 0.3) is 10.0 Å². The summed E-state index contributed by atoms with van der Waals surface area (Å²) in [4.78, 5) is 0.0745. The predicted octanol–water partition coefficient (Wildman–Crippen LogP) is 2.96. The second-order valence-corrected chi connectivity index (χ2v) is 6.68. The molecule has 6 heteroatoms. The topological polar surface area (TPSA) is 70.0 Å². The van der Waals surface area contributed by atoms with Crippen LogP contribution in [0.5, 0.6) is 0 Å². The molecule has 2 aromatic rings. The molecule has 1 N–H and O–H groups in total. The summed E-state index contributed by atoms with van der Waals surface area (Å²) in [5, 5.41) is 8.79. The third kappa shape index (κ3) is 3.45. The Balaban J connectivity index is 2.35. The number of halogens is 1. The molecule has 0 fully saturated rings. The Morgan fingerprint density at radius 3 is 2.53 bits per heavy atom. The van der Waals surface area contributed by atoms with Gasteiger partial charge in [0, 0.05) is 9.26 Å². The molecule has 0 radical (unpaired) electrons. The fraction of sp³-hybridized carbons (Fsp3) is 0. The first-order valence-corrected chi connectivity index (χ1v) is 7.86. The Bertz CT molecular complexity index is 751. The summed E-state index contributed by atoms with van der Waals surface area (Å²) in [6, 6.07) is 14.9. The lowest BCUT2D eigenvalue weighted by atomic mass is 10.2. The minimum Gasteiger partial charge on any atom is -0.280 e. The maximum Gasteiger partial charge on any atom is 0.261 e. The molecule has 0 heterocycles. The normalized spacial score (nSPS) is 10.7. The number of nitriles is 1. The summed E-state index contributed by atoms with van der Waals surface area (Å²) in [7, 11) is -3.67. The molecule has 0 spiro atoms. The van der Waals surface area contributed by atoms with Gasteiger partial charge < -0.3 is 0 Å². The van der Waals surface area contributed by atoms with Crippen molar-refractivity contribution in [2.75, 3.05) is 4.72 Å². The second kappa shape index (κ2) is 5.59. The molecule has 19 heavy (non-hydrogen) atoms. The number of anilines is 1. The third-order valence-electron chi connectivity index (χ3n) is 2.35. The largest absolute Gasteiger partial charge is 0.280 e. The molecule has 4 nitrogen and oxygen atoms in total. The molecule has 0 aliphatic rings. The number of nitrogens with one attached hydrogen (secondary N) is 1. The fourth-order valence-corrected chi connectivity index (χ4v) is 3.14. The Morgan fingerprint density at radius 2 is 1.84 bits per heavy atom. The number of hydrogen-bond acceptors (Lipinski definition) is 3. The van der Waals surface area contributed by atoms with Gasteiger partial charge in [0.05, 0.1) is 16.5 Å². The van der Waals surface area contributed by atoms with Crippen molar-refractivity contribution in [3.63, 3.8) is 0 Å². The molecule has 0 aliphatic heterocycles. The van der Waals surface area contributed by atoms with E-state index in [9.17, 15) is 8.42 Å². The van der Waals surface area contributed by atoms with E-state index in [1.54, 1.807) is 30.3 Å². The van der Waals surface area contributed by atoms with E-state index >= 15 is 0 Å². The average Bonchev–Trinajstić information content (AvgIpc) is 2.38. The molecular formula is C13H9IN2O2S. The molecule has 96 valence electrons. The van der Waals surface area contributed by atoms with E-state index in [-0.39, 0.29) is 4.90 Å². The van der Waals surface area contributed by atoms with Gasteiger partial charge in [-0.25, -0.2) is 8.42 Å². The predicted molar refractivity (Wildman–Crippen MR) is 81.1 cm³/mol. The van der Waals surface area contributed by atoms with Gasteiger partial charge in [0.2, 0.25) is 0 Å². The first-order valence-electron chi connectivity index (χ1n) is 5.30. The summed E-state index contributed by atoms with van der Waals surface area (Å²) in [5.74, 6) is 0. The van der Waals surface area contributed by atoms with E-state index in [1.807, 2.05) is 12.1 Å². The summed E-state index contributed by atoms with van der Waals surface area (Å²) in [5.41, 5.74) is 0.805. The van der Waals surface area contributed by atoms with Gasteiger partial charge in [-0.05, 0) is 59.0 Å². The molecule has 0 amide bonds. The van der Waals surface area contributed by atoms with Gasteiger partial charge in [0.15, 0.2) is 0 Å². The van der Waals surface area contributed by atoms with Gasteiger partial charge >= 0.3 is 0 Å². The van der Waals surface area contributed by atoms with E-state index in [4.69, 9.17) is 5.26 Å². The second-order valence-electron chi connectivity index (χ2n) is 3.76. The molecule has 0 saturated carbocycles. The molecule has 0 unspecified atom stereocenters. The van der Waals surface area contributed by atoms with Crippen molar-refractivity contribution in [1.82, 2.24) is 0 Å². The number of nitrogens with zero attached hydrogens (tertiary/aromatic N) is 1. The van der Waals surface area contributed by atoms with Crippen molar-refractivity contribution in [3.8, 4) is 6.07 Å². The van der Waals surface area contributed by atoms with Crippen molar-refractivity contribution < 1.29 is 8.42 Å². The van der Waals surface area contributed by atoms with Crippen molar-refractivity contribution in [2.45, 2.75) is 4.90 Å². The Hall–Kier alpha value is -1.59. The van der Waals surface area contributed by atoms with Crippen molar-refractivity contribution in [2.24, 2.45) is 0 Å². The molecular weight excluding hydrogens is 375 g/mol. The van der Waals surface area contributed by atoms with E-state index in [0.717, 1.165) is 3.57 Å². The van der Waals surface area contributed by atoms with Crippen LogP contribution in [0.1, 0.15) is 5.56 Å². The zero-order valence-electron chi connectivity index (χ0n) is 9.67. The van der Waals surface area contributed by atoms with Crippen LogP contribution in [0.4, 0.5) is 5.69 Å². The van der Waals surface area contributed by atoms with Crippen molar-refractivity contribution in [3.05, 3.63) is 57.7 Å². The highest BCUT2D eigenvalue weighted by Gasteiger charge is 2.14. The molecule has 0 aliphatic carbocycles. The first-order chi connectivity index (χ1) is 9.01. The molecule has 2 rings (SSSR count). The maximum atomic E-state index is 12.2. The van der Waals surface area contributed by atoms with Crippen LogP contribution in [0.25, 0.3) is 0 Å². The number of sulfonamides is 1. The quantitative estimate of drug-likeness (QED) is 0.828. The van der Waals surface area contributed by atoms with Crippen molar-refractivity contribution >= 4 is 38.3 Å². The van der Waals surface area contributed by atoms with E-state index in [0.29, 0.717) is 11.3 Å². The number of hydrogen-bond donors (Lipinski definition) is 1. The Kier molecular flexibility index (Phi) is 4.07. The Morgan fingerprint density at radius 1 is 1.11 bits per heavy atom. The monoisotopic (exact) mass is 384 g/mol. The molecule has 0 atom stereocenters. The van der Waals surface area contributed by atoms with Crippen LogP contribution in [-0.4, -0.2) is 8.42 Å². The van der Waals surface area contributed by atoms with Crippen LogP contribution in [0.2, 0.25) is 0 Å². The lowest BCUT2D eigenvalue weighted by Crippen LogP contribution is -2.13. The fourth-order valence-electron chi connectivity index (χ4n) is 1.50. The molecule has 2 aromatic carbocycles. The van der Waals surface area contributed by atoms with Crippen LogP contribution in [0.3, 0.4) is 0 Å². The number of rotatable bonds is 3. The van der Waals surface area contributed by atoms with Crippen LogP contribution in [0, 0.1) is 14.9 Å². The third-order valence-corrected chi connectivity index (χ3v) is 4.40. The SMILES string of the molecule is N#Cc1cccc(S(=O)(=O)Nc2cccc(I)c2)c1.